The molecule has 0 saturated heterocycles. The van der Waals surface area contributed by atoms with E-state index < -0.39 is 16.9 Å². The molecule has 0 aromatic rings. The van der Waals surface area contributed by atoms with Crippen LogP contribution >= 0.6 is 0 Å². The van der Waals surface area contributed by atoms with Crippen LogP contribution in [0.2, 0.25) is 0 Å². The molecule has 0 aliphatic heterocycles. The van der Waals surface area contributed by atoms with Crippen LogP contribution in [0.25, 0.3) is 0 Å². The van der Waals surface area contributed by atoms with Gasteiger partial charge >= 0.3 is 12.0 Å². The highest BCUT2D eigenvalue weighted by atomic mass is 16.6. The van der Waals surface area contributed by atoms with Crippen molar-refractivity contribution in [3.8, 4) is 12.3 Å². The number of methoxy groups -OCH3 is 1. The molecule has 0 rings (SSSR count). The fourth-order valence-corrected chi connectivity index (χ4v) is 0.665. The summed E-state index contributed by atoms with van der Waals surface area (Å²) in [6.07, 6.45) is 5.11. The van der Waals surface area contributed by atoms with Crippen LogP contribution in [0.4, 0.5) is 0 Å². The molecule has 12 heavy (non-hydrogen) atoms. The van der Waals surface area contributed by atoms with Gasteiger partial charge in [-0.3, -0.25) is 10.1 Å². The summed E-state index contributed by atoms with van der Waals surface area (Å²) < 4.78 is 4.22. The van der Waals surface area contributed by atoms with Gasteiger partial charge in [0.1, 0.15) is 0 Å². The van der Waals surface area contributed by atoms with Gasteiger partial charge < -0.3 is 4.74 Å². The molecular formula is C7H9NO4. The Kier molecular flexibility index (Phi) is 4.46. The van der Waals surface area contributed by atoms with Crippen molar-refractivity contribution in [3.05, 3.63) is 10.1 Å². The number of rotatable bonds is 4. The van der Waals surface area contributed by atoms with Crippen molar-refractivity contribution < 1.29 is 14.5 Å². The van der Waals surface area contributed by atoms with Gasteiger partial charge in [-0.15, -0.1) is 12.3 Å². The van der Waals surface area contributed by atoms with Crippen LogP contribution in [-0.4, -0.2) is 24.0 Å². The lowest BCUT2D eigenvalue weighted by Crippen LogP contribution is -2.30. The summed E-state index contributed by atoms with van der Waals surface area (Å²) in [5.74, 6) is 1.37. The highest BCUT2D eigenvalue weighted by molar-refractivity contribution is 5.74. The zero-order valence-corrected chi connectivity index (χ0v) is 6.65. The number of nitrogens with zero attached hydrogens (tertiary/aromatic N) is 1. The summed E-state index contributed by atoms with van der Waals surface area (Å²) in [5, 5.41) is 10.2. The minimum atomic E-state index is -1.33. The first-order chi connectivity index (χ1) is 5.63. The van der Waals surface area contributed by atoms with E-state index in [-0.39, 0.29) is 12.8 Å². The molecule has 0 bridgehead atoms. The molecule has 0 amide bonds. The molecule has 5 heteroatoms. The fourth-order valence-electron chi connectivity index (χ4n) is 0.665. The minimum Gasteiger partial charge on any atom is -0.464 e. The van der Waals surface area contributed by atoms with Gasteiger partial charge in [0.15, 0.2) is 0 Å². The van der Waals surface area contributed by atoms with E-state index in [1.807, 2.05) is 0 Å². The van der Waals surface area contributed by atoms with Crippen molar-refractivity contribution in [3.63, 3.8) is 0 Å². The first-order valence-corrected chi connectivity index (χ1v) is 3.28. The Morgan fingerprint density at radius 3 is 2.75 bits per heavy atom. The van der Waals surface area contributed by atoms with Gasteiger partial charge in [-0.1, -0.05) is 0 Å². The zero-order chi connectivity index (χ0) is 9.56. The maximum absolute atomic E-state index is 10.7. The maximum Gasteiger partial charge on any atom is 0.381 e. The van der Waals surface area contributed by atoms with Crippen LogP contribution in [0.3, 0.4) is 0 Å². The van der Waals surface area contributed by atoms with Crippen LogP contribution < -0.4 is 0 Å². The summed E-state index contributed by atoms with van der Waals surface area (Å²) in [6, 6.07) is -1.33. The minimum absolute atomic E-state index is 0.0240. The molecule has 0 heterocycles. The molecule has 0 saturated carbocycles. The Balaban J connectivity index is 4.15. The van der Waals surface area contributed by atoms with Crippen molar-refractivity contribution >= 4 is 5.97 Å². The average molecular weight is 171 g/mol. The topological polar surface area (TPSA) is 69.4 Å². The van der Waals surface area contributed by atoms with Crippen molar-refractivity contribution in [1.82, 2.24) is 0 Å². The second-order valence-electron chi connectivity index (χ2n) is 2.07. The Bertz CT molecular complexity index is 218. The van der Waals surface area contributed by atoms with Gasteiger partial charge in [-0.2, -0.15) is 0 Å². The Morgan fingerprint density at radius 2 is 2.42 bits per heavy atom. The van der Waals surface area contributed by atoms with Crippen LogP contribution in [-0.2, 0) is 9.53 Å². The molecule has 1 atom stereocenters. The smallest absolute Gasteiger partial charge is 0.381 e. The maximum atomic E-state index is 10.7. The number of esters is 1. The molecule has 1 unspecified atom stereocenters. The van der Waals surface area contributed by atoms with E-state index in [0.29, 0.717) is 0 Å². The van der Waals surface area contributed by atoms with Gasteiger partial charge in [-0.25, -0.2) is 4.79 Å². The number of carbonyl (C=O) groups excluding carboxylic acids is 1. The van der Waals surface area contributed by atoms with Crippen LogP contribution in [0.5, 0.6) is 0 Å². The summed E-state index contributed by atoms with van der Waals surface area (Å²) in [5.41, 5.74) is 0. The average Bonchev–Trinajstić information content (AvgIpc) is 2.04. The Morgan fingerprint density at radius 1 is 1.83 bits per heavy atom. The molecule has 0 spiro atoms. The molecule has 0 fully saturated rings. The van der Waals surface area contributed by atoms with Gasteiger partial charge in [-0.05, 0) is 0 Å². The quantitative estimate of drug-likeness (QED) is 0.262. The first kappa shape index (κ1) is 10.4. The van der Waals surface area contributed by atoms with Gasteiger partial charge in [0.05, 0.1) is 7.11 Å². The number of hydrogen-bond acceptors (Lipinski definition) is 4. The molecule has 0 aliphatic rings. The van der Waals surface area contributed by atoms with E-state index in [0.717, 1.165) is 7.11 Å². The van der Waals surface area contributed by atoms with E-state index in [9.17, 15) is 14.9 Å². The molecule has 0 aliphatic carbocycles. The third kappa shape index (κ3) is 3.01. The van der Waals surface area contributed by atoms with Crippen LogP contribution in [0.15, 0.2) is 0 Å². The highest BCUT2D eigenvalue weighted by Gasteiger charge is 2.29. The molecule has 0 aromatic heterocycles. The van der Waals surface area contributed by atoms with E-state index >= 15 is 0 Å². The van der Waals surface area contributed by atoms with Gasteiger partial charge in [0.2, 0.25) is 0 Å². The number of ether oxygens (including phenoxy) is 1. The van der Waals surface area contributed by atoms with E-state index in [2.05, 4.69) is 10.7 Å². The van der Waals surface area contributed by atoms with E-state index in [4.69, 9.17) is 6.42 Å². The van der Waals surface area contributed by atoms with Gasteiger partial charge in [0, 0.05) is 17.8 Å². The number of nitro groups is 1. The second-order valence-corrected chi connectivity index (χ2v) is 2.07. The standard InChI is InChI=1S/C7H9NO4/c1-3-4-5-6(8(10)11)7(9)12-2/h1,6H,4-5H2,2H3. The largest absolute Gasteiger partial charge is 0.464 e. The Labute approximate surface area is 69.9 Å². The van der Waals surface area contributed by atoms with Crippen LogP contribution in [0.1, 0.15) is 12.8 Å². The molecule has 0 aromatic carbocycles. The molecule has 0 radical (unpaired) electrons. The lowest BCUT2D eigenvalue weighted by atomic mass is 10.2. The van der Waals surface area contributed by atoms with Crippen molar-refractivity contribution in [1.29, 1.82) is 0 Å². The zero-order valence-electron chi connectivity index (χ0n) is 6.65. The number of terminal acetylenes is 1. The first-order valence-electron chi connectivity index (χ1n) is 3.28. The normalized spacial score (nSPS) is 11.3. The molecular weight excluding hydrogens is 162 g/mol. The molecule has 5 nitrogen and oxygen atoms in total. The number of carbonyl (C=O) groups is 1. The summed E-state index contributed by atoms with van der Waals surface area (Å²) >= 11 is 0. The van der Waals surface area contributed by atoms with E-state index in [1.54, 1.807) is 0 Å². The summed E-state index contributed by atoms with van der Waals surface area (Å²) in [7, 11) is 1.11. The fraction of sp³-hybridized carbons (Fsp3) is 0.571. The summed E-state index contributed by atoms with van der Waals surface area (Å²) in [4.78, 5) is 20.3. The lowest BCUT2D eigenvalue weighted by Gasteiger charge is -2.04. The number of hydrogen-bond donors (Lipinski definition) is 0. The molecule has 66 valence electrons. The SMILES string of the molecule is C#CCCC(C(=O)OC)[N+](=O)[O-]. The van der Waals surface area contributed by atoms with Crippen molar-refractivity contribution in [2.75, 3.05) is 7.11 Å². The third-order valence-electron chi connectivity index (χ3n) is 1.29. The monoisotopic (exact) mass is 171 g/mol. The predicted octanol–water partition coefficient (Wildman–Crippen LogP) is 0.218. The summed E-state index contributed by atoms with van der Waals surface area (Å²) in [6.45, 7) is 0. The third-order valence-corrected chi connectivity index (χ3v) is 1.29. The van der Waals surface area contributed by atoms with Crippen LogP contribution in [0, 0.1) is 22.5 Å². The predicted molar refractivity (Wildman–Crippen MR) is 40.9 cm³/mol. The highest BCUT2D eigenvalue weighted by Crippen LogP contribution is 2.02. The lowest BCUT2D eigenvalue weighted by molar-refractivity contribution is -0.511. The Hall–Kier alpha value is -1.57. The van der Waals surface area contributed by atoms with Crippen molar-refractivity contribution in [2.24, 2.45) is 0 Å². The second kappa shape index (κ2) is 5.13. The van der Waals surface area contributed by atoms with E-state index in [1.165, 1.54) is 0 Å². The van der Waals surface area contributed by atoms with Gasteiger partial charge in [0.25, 0.3) is 0 Å². The van der Waals surface area contributed by atoms with Crippen molar-refractivity contribution in [2.45, 2.75) is 18.9 Å². The molecule has 0 N–H and O–H groups in total.